The van der Waals surface area contributed by atoms with Crippen molar-refractivity contribution in [3.8, 4) is 0 Å². The van der Waals surface area contributed by atoms with Crippen LogP contribution >= 0.6 is 0 Å². The van der Waals surface area contributed by atoms with Crippen LogP contribution in [0.4, 0.5) is 0 Å². The maximum atomic E-state index is 4.52. The molecule has 2 aromatic heterocycles. The van der Waals surface area contributed by atoms with Gasteiger partial charge in [0.25, 0.3) is 0 Å². The zero-order valence-corrected chi connectivity index (χ0v) is 9.41. The molecular formula is C11H16N4. The standard InChI is InChI=1S/C11H16N4/c1-8-7-13-11-6-10(4-5-12-3)14-15(11)9(8)2/h6-7,12H,4-5H2,1-3H3. The third-order valence-corrected chi connectivity index (χ3v) is 2.65. The van der Waals surface area contributed by atoms with Crippen molar-refractivity contribution in [1.29, 1.82) is 0 Å². The Hall–Kier alpha value is -1.42. The third kappa shape index (κ3) is 1.85. The second-order valence-corrected chi connectivity index (χ2v) is 3.79. The highest BCUT2D eigenvalue weighted by molar-refractivity contribution is 5.41. The largest absolute Gasteiger partial charge is 0.319 e. The molecule has 0 aliphatic carbocycles. The molecule has 0 atom stereocenters. The number of fused-ring (bicyclic) bond motifs is 1. The van der Waals surface area contributed by atoms with E-state index in [4.69, 9.17) is 0 Å². The average Bonchev–Trinajstić information content (AvgIpc) is 2.64. The van der Waals surface area contributed by atoms with E-state index < -0.39 is 0 Å². The van der Waals surface area contributed by atoms with Gasteiger partial charge in [-0.2, -0.15) is 5.10 Å². The second-order valence-electron chi connectivity index (χ2n) is 3.79. The summed E-state index contributed by atoms with van der Waals surface area (Å²) in [6.07, 6.45) is 2.84. The van der Waals surface area contributed by atoms with Gasteiger partial charge in [-0.05, 0) is 26.5 Å². The van der Waals surface area contributed by atoms with Gasteiger partial charge in [0, 0.05) is 30.9 Å². The van der Waals surface area contributed by atoms with E-state index >= 15 is 0 Å². The molecule has 2 heterocycles. The van der Waals surface area contributed by atoms with E-state index in [0.717, 1.165) is 30.0 Å². The lowest BCUT2D eigenvalue weighted by molar-refractivity contribution is 0.757. The van der Waals surface area contributed by atoms with Crippen LogP contribution in [-0.4, -0.2) is 28.2 Å². The Balaban J connectivity index is 2.42. The Morgan fingerprint density at radius 1 is 1.40 bits per heavy atom. The van der Waals surface area contributed by atoms with E-state index in [1.54, 1.807) is 0 Å². The molecule has 0 aromatic carbocycles. The third-order valence-electron chi connectivity index (χ3n) is 2.65. The smallest absolute Gasteiger partial charge is 0.155 e. The van der Waals surface area contributed by atoms with E-state index in [9.17, 15) is 0 Å². The van der Waals surface area contributed by atoms with Crippen molar-refractivity contribution in [2.75, 3.05) is 13.6 Å². The van der Waals surface area contributed by atoms with Crippen molar-refractivity contribution in [1.82, 2.24) is 19.9 Å². The Labute approximate surface area is 89.3 Å². The fourth-order valence-electron chi connectivity index (χ4n) is 1.56. The van der Waals surface area contributed by atoms with Gasteiger partial charge >= 0.3 is 0 Å². The molecule has 4 heteroatoms. The normalized spacial score (nSPS) is 11.1. The maximum absolute atomic E-state index is 4.52. The summed E-state index contributed by atoms with van der Waals surface area (Å²) < 4.78 is 1.92. The minimum absolute atomic E-state index is 0.934. The van der Waals surface area contributed by atoms with Gasteiger partial charge in [-0.3, -0.25) is 0 Å². The molecule has 2 aromatic rings. The van der Waals surface area contributed by atoms with E-state index in [1.165, 1.54) is 5.56 Å². The van der Waals surface area contributed by atoms with Gasteiger partial charge in [0.1, 0.15) is 0 Å². The van der Waals surface area contributed by atoms with Crippen LogP contribution in [0.3, 0.4) is 0 Å². The lowest BCUT2D eigenvalue weighted by atomic mass is 10.3. The van der Waals surface area contributed by atoms with E-state index in [-0.39, 0.29) is 0 Å². The number of hydrogen-bond acceptors (Lipinski definition) is 3. The fraction of sp³-hybridized carbons (Fsp3) is 0.455. The number of nitrogens with zero attached hydrogens (tertiary/aromatic N) is 3. The summed E-state index contributed by atoms with van der Waals surface area (Å²) in [5, 5.41) is 7.64. The van der Waals surface area contributed by atoms with Crippen molar-refractivity contribution >= 4 is 5.65 Å². The first-order valence-corrected chi connectivity index (χ1v) is 5.18. The second kappa shape index (κ2) is 3.98. The molecule has 80 valence electrons. The first-order chi connectivity index (χ1) is 7.22. The predicted octanol–water partition coefficient (Wildman–Crippen LogP) is 1.11. The number of hydrogen-bond donors (Lipinski definition) is 1. The Kier molecular flexibility index (Phi) is 2.68. The van der Waals surface area contributed by atoms with Gasteiger partial charge in [0.2, 0.25) is 0 Å². The Morgan fingerprint density at radius 3 is 2.93 bits per heavy atom. The van der Waals surface area contributed by atoms with Crippen LogP contribution in [0, 0.1) is 13.8 Å². The highest BCUT2D eigenvalue weighted by Gasteiger charge is 2.05. The van der Waals surface area contributed by atoms with Crippen LogP contribution in [0.25, 0.3) is 5.65 Å². The lowest BCUT2D eigenvalue weighted by Gasteiger charge is -2.00. The predicted molar refractivity (Wildman–Crippen MR) is 60.1 cm³/mol. The lowest BCUT2D eigenvalue weighted by Crippen LogP contribution is -2.10. The van der Waals surface area contributed by atoms with Gasteiger partial charge < -0.3 is 5.32 Å². The van der Waals surface area contributed by atoms with Crippen LogP contribution in [0.5, 0.6) is 0 Å². The Morgan fingerprint density at radius 2 is 2.20 bits per heavy atom. The summed E-state index contributed by atoms with van der Waals surface area (Å²) in [4.78, 5) is 4.35. The van der Waals surface area contributed by atoms with Crippen molar-refractivity contribution in [3.63, 3.8) is 0 Å². The molecule has 0 radical (unpaired) electrons. The number of likely N-dealkylation sites (N-methyl/N-ethyl adjacent to an activating group) is 1. The first-order valence-electron chi connectivity index (χ1n) is 5.18. The van der Waals surface area contributed by atoms with Gasteiger partial charge in [-0.1, -0.05) is 0 Å². The summed E-state index contributed by atoms with van der Waals surface area (Å²) in [6.45, 7) is 5.07. The van der Waals surface area contributed by atoms with Crippen LogP contribution in [-0.2, 0) is 6.42 Å². The van der Waals surface area contributed by atoms with Gasteiger partial charge in [-0.15, -0.1) is 0 Å². The molecule has 0 aliphatic rings. The number of nitrogens with one attached hydrogen (secondary N) is 1. The monoisotopic (exact) mass is 204 g/mol. The summed E-state index contributed by atoms with van der Waals surface area (Å²) in [7, 11) is 1.95. The van der Waals surface area contributed by atoms with E-state index in [1.807, 2.05) is 23.8 Å². The highest BCUT2D eigenvalue weighted by atomic mass is 15.3. The quantitative estimate of drug-likeness (QED) is 0.814. The topological polar surface area (TPSA) is 42.2 Å². The summed E-state index contributed by atoms with van der Waals surface area (Å²) in [5.74, 6) is 0. The minimum atomic E-state index is 0.934. The van der Waals surface area contributed by atoms with E-state index in [0.29, 0.717) is 0 Å². The molecule has 0 bridgehead atoms. The molecule has 0 saturated carbocycles. The van der Waals surface area contributed by atoms with Gasteiger partial charge in [-0.25, -0.2) is 9.50 Å². The molecule has 0 amide bonds. The number of aryl methyl sites for hydroxylation is 2. The summed E-state index contributed by atoms with van der Waals surface area (Å²) in [5.41, 5.74) is 4.36. The SMILES string of the molecule is CNCCc1cc2ncc(C)c(C)n2n1. The Bertz CT molecular complexity index is 473. The van der Waals surface area contributed by atoms with Crippen molar-refractivity contribution in [2.24, 2.45) is 0 Å². The minimum Gasteiger partial charge on any atom is -0.319 e. The summed E-state index contributed by atoms with van der Waals surface area (Å²) in [6, 6.07) is 2.05. The zero-order chi connectivity index (χ0) is 10.8. The van der Waals surface area contributed by atoms with Crippen LogP contribution < -0.4 is 5.32 Å². The fourth-order valence-corrected chi connectivity index (χ4v) is 1.56. The molecule has 0 aliphatic heterocycles. The van der Waals surface area contributed by atoms with Crippen molar-refractivity contribution in [2.45, 2.75) is 20.3 Å². The molecule has 1 N–H and O–H groups in total. The van der Waals surface area contributed by atoms with Crippen LogP contribution in [0.1, 0.15) is 17.0 Å². The van der Waals surface area contributed by atoms with Gasteiger partial charge in [0.15, 0.2) is 5.65 Å². The molecule has 2 rings (SSSR count). The first kappa shape index (κ1) is 10.1. The summed E-state index contributed by atoms with van der Waals surface area (Å²) >= 11 is 0. The van der Waals surface area contributed by atoms with Crippen molar-refractivity contribution in [3.05, 3.63) is 29.2 Å². The van der Waals surface area contributed by atoms with Crippen LogP contribution in [0.2, 0.25) is 0 Å². The molecule has 15 heavy (non-hydrogen) atoms. The highest BCUT2D eigenvalue weighted by Crippen LogP contribution is 2.10. The zero-order valence-electron chi connectivity index (χ0n) is 9.41. The van der Waals surface area contributed by atoms with Crippen molar-refractivity contribution < 1.29 is 0 Å². The number of aromatic nitrogens is 3. The molecule has 0 fully saturated rings. The molecule has 0 unspecified atom stereocenters. The van der Waals surface area contributed by atoms with Gasteiger partial charge in [0.05, 0.1) is 5.69 Å². The number of rotatable bonds is 3. The van der Waals surface area contributed by atoms with Crippen LogP contribution in [0.15, 0.2) is 12.3 Å². The molecule has 4 nitrogen and oxygen atoms in total. The molecule has 0 spiro atoms. The average molecular weight is 204 g/mol. The molecular weight excluding hydrogens is 188 g/mol. The molecule has 0 saturated heterocycles. The van der Waals surface area contributed by atoms with E-state index in [2.05, 4.69) is 29.2 Å². The maximum Gasteiger partial charge on any atom is 0.155 e.